The molecular formula is C14H25N5O. The van der Waals surface area contributed by atoms with Crippen LogP contribution >= 0.6 is 0 Å². The van der Waals surface area contributed by atoms with Gasteiger partial charge in [-0.1, -0.05) is 6.92 Å². The molecule has 0 bridgehead atoms. The molecule has 0 atom stereocenters. The van der Waals surface area contributed by atoms with Gasteiger partial charge in [-0.2, -0.15) is 0 Å². The summed E-state index contributed by atoms with van der Waals surface area (Å²) in [6, 6.07) is 0. The number of hydrogen-bond acceptors (Lipinski definition) is 6. The van der Waals surface area contributed by atoms with Crippen LogP contribution in [-0.2, 0) is 11.2 Å². The lowest BCUT2D eigenvalue weighted by atomic mass is 10.00. The molecule has 0 unspecified atom stereocenters. The second-order valence-corrected chi connectivity index (χ2v) is 5.37. The van der Waals surface area contributed by atoms with Gasteiger partial charge in [0.15, 0.2) is 0 Å². The first-order chi connectivity index (χ1) is 9.65. The number of nitrogens with one attached hydrogen (secondary N) is 1. The highest BCUT2D eigenvalue weighted by molar-refractivity contribution is 5.57. The van der Waals surface area contributed by atoms with Crippen LogP contribution < -0.4 is 16.2 Å². The Morgan fingerprint density at radius 2 is 2.05 bits per heavy atom. The Balaban J connectivity index is 2.16. The number of rotatable bonds is 5. The molecule has 1 aromatic heterocycles. The van der Waals surface area contributed by atoms with E-state index in [4.69, 9.17) is 10.6 Å². The van der Waals surface area contributed by atoms with Crippen molar-refractivity contribution in [3.8, 4) is 0 Å². The number of nitrogen functional groups attached to an aromatic ring is 1. The van der Waals surface area contributed by atoms with E-state index in [9.17, 15) is 0 Å². The monoisotopic (exact) mass is 279 g/mol. The fourth-order valence-electron chi connectivity index (χ4n) is 2.62. The molecule has 0 aliphatic carbocycles. The van der Waals surface area contributed by atoms with Crippen LogP contribution in [0.3, 0.4) is 0 Å². The third-order valence-electron chi connectivity index (χ3n) is 3.85. The van der Waals surface area contributed by atoms with Gasteiger partial charge < -0.3 is 15.1 Å². The van der Waals surface area contributed by atoms with Crippen molar-refractivity contribution in [2.75, 3.05) is 37.1 Å². The summed E-state index contributed by atoms with van der Waals surface area (Å²) in [6.45, 7) is 6.79. The fraction of sp³-hybridized carbons (Fsp3) is 0.714. The Morgan fingerprint density at radius 3 is 2.65 bits per heavy atom. The van der Waals surface area contributed by atoms with Crippen LogP contribution in [0.25, 0.3) is 0 Å². The number of ether oxygens (including phenoxy) is 1. The first-order valence-corrected chi connectivity index (χ1v) is 7.28. The highest BCUT2D eigenvalue weighted by Gasteiger charge is 2.19. The van der Waals surface area contributed by atoms with Crippen molar-refractivity contribution >= 4 is 11.6 Å². The zero-order chi connectivity index (χ0) is 14.5. The molecule has 20 heavy (non-hydrogen) atoms. The number of aryl methyl sites for hydroxylation is 1. The molecule has 0 radical (unpaired) electrons. The molecule has 0 aromatic carbocycles. The number of nitrogens with zero attached hydrogens (tertiary/aromatic N) is 3. The summed E-state index contributed by atoms with van der Waals surface area (Å²) in [6.07, 6.45) is 3.04. The highest BCUT2D eigenvalue weighted by Crippen LogP contribution is 2.25. The van der Waals surface area contributed by atoms with Gasteiger partial charge in [0, 0.05) is 38.8 Å². The largest absolute Gasteiger partial charge is 0.381 e. The average Bonchev–Trinajstić information content (AvgIpc) is 2.48. The maximum absolute atomic E-state index is 5.55. The summed E-state index contributed by atoms with van der Waals surface area (Å²) in [5, 5.41) is 0. The van der Waals surface area contributed by atoms with Gasteiger partial charge >= 0.3 is 0 Å². The molecule has 3 N–H and O–H groups in total. The van der Waals surface area contributed by atoms with E-state index < -0.39 is 0 Å². The van der Waals surface area contributed by atoms with Gasteiger partial charge in [-0.3, -0.25) is 0 Å². The molecule has 0 amide bonds. The van der Waals surface area contributed by atoms with Crippen LogP contribution in [0.15, 0.2) is 0 Å². The highest BCUT2D eigenvalue weighted by atomic mass is 16.5. The number of hydrogen-bond donors (Lipinski definition) is 2. The van der Waals surface area contributed by atoms with Gasteiger partial charge in [0.05, 0.1) is 0 Å². The van der Waals surface area contributed by atoms with Gasteiger partial charge in [0.2, 0.25) is 0 Å². The number of anilines is 2. The van der Waals surface area contributed by atoms with Crippen LogP contribution in [0.4, 0.5) is 11.6 Å². The molecular weight excluding hydrogens is 254 g/mol. The van der Waals surface area contributed by atoms with Crippen LogP contribution in [0.2, 0.25) is 0 Å². The van der Waals surface area contributed by atoms with Crippen molar-refractivity contribution in [3.05, 3.63) is 11.4 Å². The molecule has 0 saturated carbocycles. The van der Waals surface area contributed by atoms with Crippen molar-refractivity contribution in [1.29, 1.82) is 0 Å². The quantitative estimate of drug-likeness (QED) is 0.628. The molecule has 1 fully saturated rings. The predicted octanol–water partition coefficient (Wildman–Crippen LogP) is 1.50. The molecule has 1 saturated heterocycles. The summed E-state index contributed by atoms with van der Waals surface area (Å²) in [5.41, 5.74) is 3.67. The SMILES string of the molecule is CCc1nc(NN)c(C)c(N(C)CC2CCOCC2)n1. The Labute approximate surface area is 120 Å². The second-order valence-electron chi connectivity index (χ2n) is 5.37. The number of aromatic nitrogens is 2. The first-order valence-electron chi connectivity index (χ1n) is 7.28. The van der Waals surface area contributed by atoms with E-state index >= 15 is 0 Å². The smallest absolute Gasteiger partial charge is 0.148 e. The second kappa shape index (κ2) is 6.85. The zero-order valence-electron chi connectivity index (χ0n) is 12.6. The van der Waals surface area contributed by atoms with Gasteiger partial charge in [-0.15, -0.1) is 0 Å². The van der Waals surface area contributed by atoms with E-state index in [2.05, 4.69) is 27.3 Å². The standard InChI is InChI=1S/C14H25N5O/c1-4-12-16-13(18-15)10(2)14(17-12)19(3)9-11-5-7-20-8-6-11/h11H,4-9,15H2,1-3H3,(H,16,17,18). The molecule has 112 valence electrons. The van der Waals surface area contributed by atoms with E-state index in [0.29, 0.717) is 11.7 Å². The summed E-state index contributed by atoms with van der Waals surface area (Å²) in [4.78, 5) is 11.3. The minimum Gasteiger partial charge on any atom is -0.381 e. The van der Waals surface area contributed by atoms with Crippen molar-refractivity contribution in [3.63, 3.8) is 0 Å². The Morgan fingerprint density at radius 1 is 1.35 bits per heavy atom. The lowest BCUT2D eigenvalue weighted by Crippen LogP contribution is -2.31. The summed E-state index contributed by atoms with van der Waals surface area (Å²) < 4.78 is 5.41. The molecule has 6 nitrogen and oxygen atoms in total. The van der Waals surface area contributed by atoms with E-state index in [-0.39, 0.29) is 0 Å². The number of hydrazine groups is 1. The van der Waals surface area contributed by atoms with E-state index in [1.807, 2.05) is 13.8 Å². The third kappa shape index (κ3) is 3.37. The lowest BCUT2D eigenvalue weighted by molar-refractivity contribution is 0.0685. The molecule has 2 rings (SSSR count). The molecule has 2 heterocycles. The lowest BCUT2D eigenvalue weighted by Gasteiger charge is -2.29. The molecule has 1 aliphatic heterocycles. The summed E-state index contributed by atoms with van der Waals surface area (Å²) >= 11 is 0. The average molecular weight is 279 g/mol. The van der Waals surface area contributed by atoms with Crippen molar-refractivity contribution in [2.24, 2.45) is 11.8 Å². The fourth-order valence-corrected chi connectivity index (χ4v) is 2.62. The summed E-state index contributed by atoms with van der Waals surface area (Å²) in [7, 11) is 2.09. The Bertz CT molecular complexity index is 445. The van der Waals surface area contributed by atoms with Crippen LogP contribution in [-0.4, -0.2) is 36.8 Å². The van der Waals surface area contributed by atoms with Gasteiger partial charge in [-0.25, -0.2) is 15.8 Å². The maximum Gasteiger partial charge on any atom is 0.148 e. The Hall–Kier alpha value is -1.40. The first kappa shape index (κ1) is 15.0. The van der Waals surface area contributed by atoms with Crippen molar-refractivity contribution < 1.29 is 4.74 Å². The van der Waals surface area contributed by atoms with Gasteiger partial charge in [0.1, 0.15) is 17.5 Å². The van der Waals surface area contributed by atoms with Crippen molar-refractivity contribution in [2.45, 2.75) is 33.1 Å². The minimum atomic E-state index is 0.669. The molecule has 6 heteroatoms. The Kier molecular flexibility index (Phi) is 5.14. The van der Waals surface area contributed by atoms with Gasteiger partial charge in [0.25, 0.3) is 0 Å². The summed E-state index contributed by atoms with van der Waals surface area (Å²) in [5.74, 6) is 8.72. The van der Waals surface area contributed by atoms with Gasteiger partial charge in [-0.05, 0) is 25.7 Å². The predicted molar refractivity (Wildman–Crippen MR) is 80.8 cm³/mol. The number of nitrogens with two attached hydrogens (primary N) is 1. The van der Waals surface area contributed by atoms with Crippen LogP contribution in [0.1, 0.15) is 31.2 Å². The minimum absolute atomic E-state index is 0.669. The molecule has 1 aromatic rings. The zero-order valence-corrected chi connectivity index (χ0v) is 12.6. The van der Waals surface area contributed by atoms with E-state index in [0.717, 1.165) is 56.2 Å². The van der Waals surface area contributed by atoms with E-state index in [1.54, 1.807) is 0 Å². The van der Waals surface area contributed by atoms with Crippen LogP contribution in [0.5, 0.6) is 0 Å². The maximum atomic E-state index is 5.55. The van der Waals surface area contributed by atoms with E-state index in [1.165, 1.54) is 0 Å². The molecule has 0 spiro atoms. The third-order valence-corrected chi connectivity index (χ3v) is 3.85. The normalized spacial score (nSPS) is 16.2. The van der Waals surface area contributed by atoms with Crippen LogP contribution in [0, 0.1) is 12.8 Å². The van der Waals surface area contributed by atoms with Crippen molar-refractivity contribution in [1.82, 2.24) is 9.97 Å². The topological polar surface area (TPSA) is 76.3 Å². The molecule has 1 aliphatic rings.